The number of rotatable bonds is 2. The average molecular weight is 341 g/mol. The van der Waals surface area contributed by atoms with Gasteiger partial charge >= 0.3 is 0 Å². The Morgan fingerprint density at radius 3 is 2.73 bits per heavy atom. The summed E-state index contributed by atoms with van der Waals surface area (Å²) in [6.07, 6.45) is 8.46. The molecule has 0 aromatic carbocycles. The van der Waals surface area contributed by atoms with Gasteiger partial charge in [0.1, 0.15) is 0 Å². The van der Waals surface area contributed by atoms with Gasteiger partial charge in [0, 0.05) is 10.8 Å². The van der Waals surface area contributed by atoms with E-state index in [2.05, 4.69) is 17.6 Å². The van der Waals surface area contributed by atoms with Gasteiger partial charge in [-0.2, -0.15) is 0 Å². The van der Waals surface area contributed by atoms with Gasteiger partial charge in [0.25, 0.3) is 0 Å². The van der Waals surface area contributed by atoms with Gasteiger partial charge in [-0.25, -0.2) is 0 Å². The average Bonchev–Trinajstić information content (AvgIpc) is 3.10. The summed E-state index contributed by atoms with van der Waals surface area (Å²) in [4.78, 5) is 14.1. The monoisotopic (exact) mass is 340 g/mol. The number of anilines is 1. The second kappa shape index (κ2) is 6.14. The number of fused-ring (bicyclic) bond motifs is 1. The Hall–Kier alpha value is -0.580. The van der Waals surface area contributed by atoms with Gasteiger partial charge in [0.15, 0.2) is 0 Å². The maximum Gasteiger partial charge on any atom is 0.228 e. The Balaban J connectivity index is 0.00000144. The summed E-state index contributed by atoms with van der Waals surface area (Å²) in [7, 11) is 0. The highest BCUT2D eigenvalue weighted by atomic mass is 35.5. The molecule has 1 aliphatic heterocycles. The summed E-state index contributed by atoms with van der Waals surface area (Å²) < 4.78 is 0. The molecule has 3 aliphatic rings. The van der Waals surface area contributed by atoms with Crippen LogP contribution in [0.2, 0.25) is 0 Å². The maximum atomic E-state index is 12.6. The first kappa shape index (κ1) is 16.3. The standard InChI is InChI=1S/C17H24N2OS.ClH/c1-11-12-4-2-3-5-14(12)21-16(11)19-15(20)13-10-17(13)6-8-18-9-7-17;/h13,18H,2-10H2,1H3,(H,19,20);1H. The normalized spacial score (nSPS) is 25.2. The van der Waals surface area contributed by atoms with E-state index in [0.29, 0.717) is 5.41 Å². The molecule has 0 bridgehead atoms. The fourth-order valence-corrected chi connectivity index (χ4v) is 5.54. The maximum absolute atomic E-state index is 12.6. The van der Waals surface area contributed by atoms with Crippen molar-refractivity contribution in [3.63, 3.8) is 0 Å². The molecular weight excluding hydrogens is 316 g/mol. The number of piperidine rings is 1. The molecule has 1 unspecified atom stereocenters. The minimum Gasteiger partial charge on any atom is -0.317 e. The summed E-state index contributed by atoms with van der Waals surface area (Å²) in [6, 6.07) is 0. The highest BCUT2D eigenvalue weighted by Crippen LogP contribution is 2.59. The third kappa shape index (κ3) is 2.70. The van der Waals surface area contributed by atoms with Crippen molar-refractivity contribution in [3.05, 3.63) is 16.0 Å². The molecule has 2 fully saturated rings. The van der Waals surface area contributed by atoms with Crippen molar-refractivity contribution in [2.24, 2.45) is 11.3 Å². The van der Waals surface area contributed by atoms with Gasteiger partial charge in [-0.1, -0.05) is 0 Å². The van der Waals surface area contributed by atoms with Crippen molar-refractivity contribution in [3.8, 4) is 0 Å². The molecule has 2 heterocycles. The zero-order chi connectivity index (χ0) is 14.4. The highest BCUT2D eigenvalue weighted by Gasteiger charge is 2.57. The zero-order valence-corrected chi connectivity index (χ0v) is 14.8. The highest BCUT2D eigenvalue weighted by molar-refractivity contribution is 7.16. The molecule has 1 aromatic heterocycles. The second-order valence-electron chi connectivity index (χ2n) is 7.02. The lowest BCUT2D eigenvalue weighted by Crippen LogP contribution is -2.31. The van der Waals surface area contributed by atoms with Crippen LogP contribution in [0.3, 0.4) is 0 Å². The summed E-state index contributed by atoms with van der Waals surface area (Å²) in [5.41, 5.74) is 3.19. The van der Waals surface area contributed by atoms with Crippen molar-refractivity contribution in [1.82, 2.24) is 5.32 Å². The van der Waals surface area contributed by atoms with E-state index in [9.17, 15) is 4.79 Å². The van der Waals surface area contributed by atoms with E-state index in [4.69, 9.17) is 0 Å². The summed E-state index contributed by atoms with van der Waals surface area (Å²) in [5, 5.41) is 7.79. The Morgan fingerprint density at radius 2 is 2.00 bits per heavy atom. The first-order valence-electron chi connectivity index (χ1n) is 8.32. The molecule has 4 rings (SSSR count). The molecule has 1 atom stereocenters. The molecule has 122 valence electrons. The van der Waals surface area contributed by atoms with E-state index >= 15 is 0 Å². The number of amides is 1. The van der Waals surface area contributed by atoms with Gasteiger partial charge in [-0.15, -0.1) is 23.7 Å². The summed E-state index contributed by atoms with van der Waals surface area (Å²) >= 11 is 1.83. The zero-order valence-electron chi connectivity index (χ0n) is 13.2. The first-order chi connectivity index (χ1) is 10.2. The van der Waals surface area contributed by atoms with Gasteiger partial charge in [0.2, 0.25) is 5.91 Å². The fourth-order valence-electron chi connectivity index (χ4n) is 4.24. The van der Waals surface area contributed by atoms with E-state index in [1.807, 2.05) is 11.3 Å². The molecule has 5 heteroatoms. The fraction of sp³-hybridized carbons (Fsp3) is 0.706. The lowest BCUT2D eigenvalue weighted by Gasteiger charge is -2.23. The van der Waals surface area contributed by atoms with E-state index in [-0.39, 0.29) is 24.2 Å². The second-order valence-corrected chi connectivity index (χ2v) is 8.13. The Kier molecular flexibility index (Phi) is 4.54. The molecule has 1 spiro atoms. The number of hydrogen-bond donors (Lipinski definition) is 2. The molecule has 1 amide bonds. The molecular formula is C17H25ClN2OS. The predicted molar refractivity (Wildman–Crippen MR) is 94.2 cm³/mol. The minimum absolute atomic E-state index is 0. The Morgan fingerprint density at radius 1 is 1.27 bits per heavy atom. The smallest absolute Gasteiger partial charge is 0.228 e. The van der Waals surface area contributed by atoms with Crippen LogP contribution in [0.1, 0.15) is 48.1 Å². The lowest BCUT2D eigenvalue weighted by atomic mass is 9.92. The summed E-state index contributed by atoms with van der Waals surface area (Å²) in [6.45, 7) is 4.34. The number of halogens is 1. The number of hydrogen-bond acceptors (Lipinski definition) is 3. The van der Waals surface area contributed by atoms with Crippen molar-refractivity contribution in [1.29, 1.82) is 0 Å². The van der Waals surface area contributed by atoms with Crippen LogP contribution < -0.4 is 10.6 Å². The van der Waals surface area contributed by atoms with Crippen molar-refractivity contribution in [2.45, 2.75) is 51.9 Å². The molecule has 1 aromatic rings. The van der Waals surface area contributed by atoms with Crippen LogP contribution in [-0.2, 0) is 17.6 Å². The van der Waals surface area contributed by atoms with Crippen LogP contribution in [0.5, 0.6) is 0 Å². The van der Waals surface area contributed by atoms with Gasteiger partial charge in [0.05, 0.1) is 5.00 Å². The number of carbonyl (C=O) groups is 1. The Labute approximate surface area is 142 Å². The number of thiophene rings is 1. The summed E-state index contributed by atoms with van der Waals surface area (Å²) in [5.74, 6) is 0.539. The van der Waals surface area contributed by atoms with E-state index in [0.717, 1.165) is 24.5 Å². The SMILES string of the molecule is Cc1c(NC(=O)C2CC23CCNCC3)sc2c1CCCC2.Cl. The first-order valence-corrected chi connectivity index (χ1v) is 9.14. The quantitative estimate of drug-likeness (QED) is 0.862. The molecule has 1 saturated carbocycles. The van der Waals surface area contributed by atoms with E-state index in [1.165, 1.54) is 54.5 Å². The number of nitrogens with one attached hydrogen (secondary N) is 2. The third-order valence-corrected chi connectivity index (χ3v) is 7.09. The minimum atomic E-state index is 0. The number of aryl methyl sites for hydroxylation is 1. The van der Waals surface area contributed by atoms with Crippen molar-refractivity contribution >= 4 is 34.7 Å². The van der Waals surface area contributed by atoms with Crippen LogP contribution >= 0.6 is 23.7 Å². The third-order valence-electron chi connectivity index (χ3n) is 5.78. The Bertz CT molecular complexity index is 577. The van der Waals surface area contributed by atoms with Crippen LogP contribution in [-0.4, -0.2) is 19.0 Å². The van der Waals surface area contributed by atoms with Crippen LogP contribution in [0.25, 0.3) is 0 Å². The predicted octanol–water partition coefficient (Wildman–Crippen LogP) is 3.69. The van der Waals surface area contributed by atoms with E-state index < -0.39 is 0 Å². The van der Waals surface area contributed by atoms with Gasteiger partial charge in [-0.05, 0) is 81.5 Å². The molecule has 2 aliphatic carbocycles. The number of carbonyl (C=O) groups excluding carboxylic acids is 1. The molecule has 2 N–H and O–H groups in total. The van der Waals surface area contributed by atoms with Crippen molar-refractivity contribution in [2.75, 3.05) is 18.4 Å². The van der Waals surface area contributed by atoms with Gasteiger partial charge in [-0.3, -0.25) is 4.79 Å². The molecule has 3 nitrogen and oxygen atoms in total. The van der Waals surface area contributed by atoms with Crippen LogP contribution in [0, 0.1) is 18.3 Å². The molecule has 22 heavy (non-hydrogen) atoms. The largest absolute Gasteiger partial charge is 0.317 e. The molecule has 0 radical (unpaired) electrons. The van der Waals surface area contributed by atoms with Crippen molar-refractivity contribution < 1.29 is 4.79 Å². The van der Waals surface area contributed by atoms with Crippen LogP contribution in [0.15, 0.2) is 0 Å². The molecule has 1 saturated heterocycles. The lowest BCUT2D eigenvalue weighted by molar-refractivity contribution is -0.118. The van der Waals surface area contributed by atoms with Crippen LogP contribution in [0.4, 0.5) is 5.00 Å². The van der Waals surface area contributed by atoms with E-state index in [1.54, 1.807) is 0 Å². The topological polar surface area (TPSA) is 41.1 Å². The van der Waals surface area contributed by atoms with Gasteiger partial charge < -0.3 is 10.6 Å².